The number of nitrogens with zero attached hydrogens (tertiary/aromatic N) is 4. The summed E-state index contributed by atoms with van der Waals surface area (Å²) >= 11 is 1.75. The maximum atomic E-state index is 4.82. The maximum Gasteiger partial charge on any atom is 0.191 e. The fourth-order valence-electron chi connectivity index (χ4n) is 3.32. The number of hydrogen-bond acceptors (Lipinski definition) is 4. The third-order valence-corrected chi connectivity index (χ3v) is 5.73. The van der Waals surface area contributed by atoms with Gasteiger partial charge < -0.3 is 10.6 Å². The van der Waals surface area contributed by atoms with Gasteiger partial charge in [-0.3, -0.25) is 0 Å². The Kier molecular flexibility index (Phi) is 9.24. The third kappa shape index (κ3) is 6.64. The van der Waals surface area contributed by atoms with Crippen LogP contribution in [0.15, 0.2) is 83.7 Å². The molecule has 0 fully saturated rings. The second-order valence-electron chi connectivity index (χ2n) is 7.08. The quantitative estimate of drug-likeness (QED) is 0.183. The summed E-state index contributed by atoms with van der Waals surface area (Å²) in [4.78, 5) is 10.1. The van der Waals surface area contributed by atoms with Crippen LogP contribution in [0.2, 0.25) is 0 Å². The Bertz CT molecular complexity index is 1090. The van der Waals surface area contributed by atoms with Crippen LogP contribution in [0.1, 0.15) is 22.9 Å². The van der Waals surface area contributed by atoms with E-state index in [2.05, 4.69) is 93.7 Å². The van der Waals surface area contributed by atoms with E-state index in [1.54, 1.807) is 24.0 Å². The van der Waals surface area contributed by atoms with Gasteiger partial charge in [-0.25, -0.2) is 14.7 Å². The van der Waals surface area contributed by atoms with Crippen molar-refractivity contribution in [2.24, 2.45) is 4.99 Å². The van der Waals surface area contributed by atoms with Crippen LogP contribution in [0.25, 0.3) is 11.1 Å². The van der Waals surface area contributed by atoms with Crippen molar-refractivity contribution in [3.63, 3.8) is 0 Å². The van der Waals surface area contributed by atoms with Gasteiger partial charge in [-0.2, -0.15) is 5.10 Å². The first-order valence-corrected chi connectivity index (χ1v) is 11.2. The first-order valence-electron chi connectivity index (χ1n) is 10.4. The van der Waals surface area contributed by atoms with Crippen LogP contribution in [-0.4, -0.2) is 27.3 Å². The molecule has 2 heterocycles. The Balaban J connectivity index is 0.00000289. The highest BCUT2D eigenvalue weighted by Crippen LogP contribution is 2.25. The number of halogens is 1. The lowest BCUT2D eigenvalue weighted by Crippen LogP contribution is -2.36. The van der Waals surface area contributed by atoms with E-state index in [1.807, 2.05) is 4.68 Å². The zero-order valence-electron chi connectivity index (χ0n) is 17.9. The molecule has 0 amide bonds. The summed E-state index contributed by atoms with van der Waals surface area (Å²) in [5, 5.41) is 13.0. The Morgan fingerprint density at radius 1 is 1.03 bits per heavy atom. The first kappa shape index (κ1) is 23.9. The molecule has 0 spiro atoms. The molecule has 2 N–H and O–H groups in total. The van der Waals surface area contributed by atoms with Gasteiger partial charge in [0.1, 0.15) is 12.7 Å². The minimum Gasteiger partial charge on any atom is -0.357 e. The Labute approximate surface area is 209 Å². The lowest BCUT2D eigenvalue weighted by Gasteiger charge is -2.12. The zero-order valence-corrected chi connectivity index (χ0v) is 21.1. The number of guanidine groups is 1. The van der Waals surface area contributed by atoms with Crippen molar-refractivity contribution in [2.75, 3.05) is 6.54 Å². The van der Waals surface area contributed by atoms with Crippen molar-refractivity contribution in [3.05, 3.63) is 94.7 Å². The number of hydrogen-bond donors (Lipinski definition) is 2. The van der Waals surface area contributed by atoms with Crippen molar-refractivity contribution in [1.29, 1.82) is 0 Å². The number of thiophene rings is 1. The molecule has 0 aliphatic carbocycles. The maximum absolute atomic E-state index is 4.82. The van der Waals surface area contributed by atoms with Gasteiger partial charge in [0.25, 0.3) is 0 Å². The summed E-state index contributed by atoms with van der Waals surface area (Å²) in [6, 6.07) is 21.2. The van der Waals surface area contributed by atoms with E-state index >= 15 is 0 Å². The molecule has 0 atom stereocenters. The van der Waals surface area contributed by atoms with E-state index in [1.165, 1.54) is 27.1 Å². The van der Waals surface area contributed by atoms with E-state index in [9.17, 15) is 0 Å². The minimum absolute atomic E-state index is 0. The van der Waals surface area contributed by atoms with E-state index in [-0.39, 0.29) is 24.0 Å². The molecule has 2 aromatic carbocycles. The molecule has 4 aromatic rings. The predicted octanol–water partition coefficient (Wildman–Crippen LogP) is 4.93. The first-order chi connectivity index (χ1) is 15.3. The predicted molar refractivity (Wildman–Crippen MR) is 142 cm³/mol. The lowest BCUT2D eigenvalue weighted by molar-refractivity contribution is 0.685. The van der Waals surface area contributed by atoms with E-state index in [0.717, 1.165) is 19.0 Å². The lowest BCUT2D eigenvalue weighted by atomic mass is 9.98. The van der Waals surface area contributed by atoms with E-state index < -0.39 is 0 Å². The second kappa shape index (κ2) is 12.4. The van der Waals surface area contributed by atoms with Crippen molar-refractivity contribution >= 4 is 41.3 Å². The average Bonchev–Trinajstić information content (AvgIpc) is 3.51. The highest BCUT2D eigenvalue weighted by atomic mass is 127. The van der Waals surface area contributed by atoms with Crippen molar-refractivity contribution in [2.45, 2.75) is 26.6 Å². The molecule has 0 saturated heterocycles. The van der Waals surface area contributed by atoms with E-state index in [0.29, 0.717) is 13.1 Å². The number of aliphatic imine (C=N–C) groups is 1. The molecule has 2 aromatic heterocycles. The molecule has 4 rings (SSSR count). The van der Waals surface area contributed by atoms with Gasteiger partial charge in [0.15, 0.2) is 5.96 Å². The summed E-state index contributed by atoms with van der Waals surface area (Å²) in [5.74, 6) is 0.828. The van der Waals surface area contributed by atoms with Gasteiger partial charge in [-0.05, 0) is 40.6 Å². The summed E-state index contributed by atoms with van der Waals surface area (Å²) in [6.45, 7) is 5.01. The van der Waals surface area contributed by atoms with Crippen LogP contribution >= 0.6 is 35.3 Å². The Morgan fingerprint density at radius 2 is 1.88 bits per heavy atom. The number of benzene rings is 2. The molecule has 8 heteroatoms. The van der Waals surface area contributed by atoms with Gasteiger partial charge in [-0.15, -0.1) is 35.3 Å². The monoisotopic (exact) mass is 558 g/mol. The smallest absolute Gasteiger partial charge is 0.191 e. The molecule has 0 bridgehead atoms. The minimum atomic E-state index is 0. The summed E-state index contributed by atoms with van der Waals surface area (Å²) in [5.41, 5.74) is 4.77. The average molecular weight is 558 g/mol. The largest absolute Gasteiger partial charge is 0.357 e. The van der Waals surface area contributed by atoms with Crippen LogP contribution in [0, 0.1) is 0 Å². The van der Waals surface area contributed by atoms with Crippen LogP contribution in [0.4, 0.5) is 0 Å². The highest BCUT2D eigenvalue weighted by molar-refractivity contribution is 14.0. The number of aromatic nitrogens is 3. The Hall–Kier alpha value is -2.72. The SMILES string of the molecule is CCNC(=NCc1ccccc1-c1ccc(Cn2cncn2)cc1)NCc1cccs1.I. The van der Waals surface area contributed by atoms with Crippen molar-refractivity contribution in [1.82, 2.24) is 25.4 Å². The van der Waals surface area contributed by atoms with Gasteiger partial charge >= 0.3 is 0 Å². The zero-order chi connectivity index (χ0) is 21.3. The molecule has 0 radical (unpaired) electrons. The molecule has 166 valence electrons. The highest BCUT2D eigenvalue weighted by Gasteiger charge is 2.06. The van der Waals surface area contributed by atoms with Crippen LogP contribution in [0.3, 0.4) is 0 Å². The van der Waals surface area contributed by atoms with Crippen molar-refractivity contribution < 1.29 is 0 Å². The number of nitrogens with one attached hydrogen (secondary N) is 2. The molecule has 32 heavy (non-hydrogen) atoms. The van der Waals surface area contributed by atoms with Gasteiger partial charge in [0, 0.05) is 11.4 Å². The molecule has 0 aliphatic rings. The van der Waals surface area contributed by atoms with E-state index in [4.69, 9.17) is 4.99 Å². The molecule has 0 saturated carbocycles. The van der Waals surface area contributed by atoms with Gasteiger partial charge in [0.05, 0.1) is 19.6 Å². The normalized spacial score (nSPS) is 11.1. The van der Waals surface area contributed by atoms with Crippen LogP contribution < -0.4 is 10.6 Å². The molecular weight excluding hydrogens is 531 g/mol. The summed E-state index contributed by atoms with van der Waals surface area (Å²) < 4.78 is 1.82. The fraction of sp³-hybridized carbons (Fsp3) is 0.208. The summed E-state index contributed by atoms with van der Waals surface area (Å²) in [7, 11) is 0. The molecule has 0 unspecified atom stereocenters. The topological polar surface area (TPSA) is 67.1 Å². The Morgan fingerprint density at radius 3 is 2.59 bits per heavy atom. The van der Waals surface area contributed by atoms with Crippen LogP contribution in [-0.2, 0) is 19.6 Å². The molecule has 6 nitrogen and oxygen atoms in total. The van der Waals surface area contributed by atoms with Crippen LogP contribution in [0.5, 0.6) is 0 Å². The molecular formula is C24H27IN6S. The van der Waals surface area contributed by atoms with Crippen molar-refractivity contribution in [3.8, 4) is 11.1 Å². The summed E-state index contributed by atoms with van der Waals surface area (Å²) in [6.07, 6.45) is 3.29. The molecule has 0 aliphatic heterocycles. The third-order valence-electron chi connectivity index (χ3n) is 4.86. The standard InChI is InChI=1S/C24H26N6S.HI/c1-2-26-24(28-15-22-7-5-13-31-22)27-14-21-6-3-4-8-23(21)20-11-9-19(10-12-20)16-30-18-25-17-29-30;/h3-13,17-18H,2,14-16H2,1H3,(H2,26,27,28);1H. The van der Waals surface area contributed by atoms with Gasteiger partial charge in [0.2, 0.25) is 0 Å². The number of rotatable bonds is 8. The fourth-order valence-corrected chi connectivity index (χ4v) is 3.97. The van der Waals surface area contributed by atoms with Gasteiger partial charge in [-0.1, -0.05) is 54.6 Å². The second-order valence-corrected chi connectivity index (χ2v) is 8.11.